The molecule has 1 aliphatic rings. The Bertz CT molecular complexity index is 585. The standard InChI is InChI=1S/C12H14O4S/c1-4-9-5-8-6-10(15-2)11(16-3)7-12(8)17(9,13)14/h5-7H,4H2,1-3H3. The zero-order valence-corrected chi connectivity index (χ0v) is 10.8. The molecular formula is C12H14O4S. The van der Waals surface area contributed by atoms with Crippen LogP contribution >= 0.6 is 0 Å². The molecule has 0 fully saturated rings. The molecule has 0 aliphatic carbocycles. The van der Waals surface area contributed by atoms with Crippen LogP contribution in [0.4, 0.5) is 0 Å². The Kier molecular flexibility index (Phi) is 2.87. The van der Waals surface area contributed by atoms with E-state index < -0.39 is 9.84 Å². The minimum Gasteiger partial charge on any atom is -0.493 e. The lowest BCUT2D eigenvalue weighted by molar-refractivity contribution is 0.354. The monoisotopic (exact) mass is 254 g/mol. The van der Waals surface area contributed by atoms with Crippen LogP contribution in [0.15, 0.2) is 21.9 Å². The molecule has 0 amide bonds. The SMILES string of the molecule is CCC1=Cc2cc(OC)c(OC)cc2S1(=O)=O. The van der Waals surface area contributed by atoms with Gasteiger partial charge in [-0.25, -0.2) is 8.42 Å². The zero-order valence-electron chi connectivity index (χ0n) is 9.98. The minimum absolute atomic E-state index is 0.298. The Labute approximate surface area is 101 Å². The van der Waals surface area contributed by atoms with E-state index in [0.29, 0.717) is 33.3 Å². The summed E-state index contributed by atoms with van der Waals surface area (Å²) in [5.41, 5.74) is 0.666. The van der Waals surface area contributed by atoms with Crippen LogP contribution in [0, 0.1) is 0 Å². The lowest BCUT2D eigenvalue weighted by Gasteiger charge is -2.09. The van der Waals surface area contributed by atoms with Crippen molar-refractivity contribution >= 4 is 15.9 Å². The number of fused-ring (bicyclic) bond motifs is 1. The second kappa shape index (κ2) is 4.07. The fourth-order valence-corrected chi connectivity index (χ4v) is 3.54. The summed E-state index contributed by atoms with van der Waals surface area (Å²) in [4.78, 5) is 0.731. The molecule has 0 spiro atoms. The molecule has 0 bridgehead atoms. The predicted octanol–water partition coefficient (Wildman–Crippen LogP) is 2.24. The molecule has 5 heteroatoms. The molecule has 0 unspecified atom stereocenters. The first kappa shape index (κ1) is 12.0. The number of allylic oxidation sites excluding steroid dienone is 1. The fraction of sp³-hybridized carbons (Fsp3) is 0.333. The molecule has 1 aromatic carbocycles. The number of benzene rings is 1. The molecule has 1 aliphatic heterocycles. The second-order valence-corrected chi connectivity index (χ2v) is 5.68. The fourth-order valence-electron chi connectivity index (χ4n) is 1.91. The summed E-state index contributed by atoms with van der Waals surface area (Å²) < 4.78 is 34.5. The maximum absolute atomic E-state index is 12.1. The van der Waals surface area contributed by atoms with Crippen molar-refractivity contribution in [2.45, 2.75) is 18.2 Å². The van der Waals surface area contributed by atoms with Crippen molar-refractivity contribution in [1.82, 2.24) is 0 Å². The average molecular weight is 254 g/mol. The van der Waals surface area contributed by atoms with Gasteiger partial charge in [0, 0.05) is 11.0 Å². The van der Waals surface area contributed by atoms with E-state index in [4.69, 9.17) is 9.47 Å². The third-order valence-corrected chi connectivity index (χ3v) is 4.85. The van der Waals surface area contributed by atoms with Gasteiger partial charge in [0.15, 0.2) is 11.5 Å². The molecule has 92 valence electrons. The molecular weight excluding hydrogens is 240 g/mol. The van der Waals surface area contributed by atoms with Crippen LogP contribution in [0.5, 0.6) is 11.5 Å². The second-order valence-electron chi connectivity index (χ2n) is 3.71. The molecule has 2 rings (SSSR count). The highest BCUT2D eigenvalue weighted by Gasteiger charge is 2.30. The van der Waals surface area contributed by atoms with Crippen LogP contribution < -0.4 is 9.47 Å². The summed E-state index contributed by atoms with van der Waals surface area (Å²) in [6, 6.07) is 3.21. The van der Waals surface area contributed by atoms with Gasteiger partial charge in [0.25, 0.3) is 0 Å². The molecule has 0 aromatic heterocycles. The molecule has 0 saturated carbocycles. The van der Waals surface area contributed by atoms with E-state index in [1.54, 1.807) is 12.1 Å². The lowest BCUT2D eigenvalue weighted by Crippen LogP contribution is -2.01. The Morgan fingerprint density at radius 3 is 2.24 bits per heavy atom. The van der Waals surface area contributed by atoms with Gasteiger partial charge in [0.05, 0.1) is 19.1 Å². The highest BCUT2D eigenvalue weighted by atomic mass is 32.2. The molecule has 1 aromatic rings. The summed E-state index contributed by atoms with van der Waals surface area (Å²) >= 11 is 0. The summed E-state index contributed by atoms with van der Waals surface area (Å²) in [6.07, 6.45) is 2.17. The van der Waals surface area contributed by atoms with Crippen LogP contribution in [-0.4, -0.2) is 22.6 Å². The van der Waals surface area contributed by atoms with Gasteiger partial charge in [0.2, 0.25) is 9.84 Å². The summed E-state index contributed by atoms with van der Waals surface area (Å²) in [5.74, 6) is 0.968. The lowest BCUT2D eigenvalue weighted by atomic mass is 10.2. The van der Waals surface area contributed by atoms with Crippen LogP contribution in [0.25, 0.3) is 6.08 Å². The van der Waals surface area contributed by atoms with E-state index >= 15 is 0 Å². The Balaban J connectivity index is 2.68. The number of hydrogen-bond acceptors (Lipinski definition) is 4. The van der Waals surface area contributed by atoms with Crippen LogP contribution in [0.2, 0.25) is 0 Å². The Hall–Kier alpha value is -1.49. The summed E-state index contributed by atoms with van der Waals surface area (Å²) in [6.45, 7) is 1.82. The molecule has 0 atom stereocenters. The van der Waals surface area contributed by atoms with Crippen molar-refractivity contribution in [3.8, 4) is 11.5 Å². The first-order valence-electron chi connectivity index (χ1n) is 5.26. The van der Waals surface area contributed by atoms with E-state index in [1.807, 2.05) is 6.92 Å². The number of sulfone groups is 1. The molecule has 0 N–H and O–H groups in total. The normalized spacial score (nSPS) is 16.3. The third kappa shape index (κ3) is 1.70. The number of hydrogen-bond donors (Lipinski definition) is 0. The van der Waals surface area contributed by atoms with Gasteiger partial charge < -0.3 is 9.47 Å². The van der Waals surface area contributed by atoms with Crippen LogP contribution in [-0.2, 0) is 9.84 Å². The van der Waals surface area contributed by atoms with Crippen molar-refractivity contribution in [1.29, 1.82) is 0 Å². The van der Waals surface area contributed by atoms with Crippen molar-refractivity contribution < 1.29 is 17.9 Å². The molecule has 4 nitrogen and oxygen atoms in total. The van der Waals surface area contributed by atoms with Gasteiger partial charge in [-0.05, 0) is 24.1 Å². The number of rotatable bonds is 3. The Morgan fingerprint density at radius 2 is 1.71 bits per heavy atom. The van der Waals surface area contributed by atoms with Crippen LogP contribution in [0.1, 0.15) is 18.9 Å². The number of ether oxygens (including phenoxy) is 2. The minimum atomic E-state index is -3.33. The van der Waals surface area contributed by atoms with Gasteiger partial charge >= 0.3 is 0 Å². The molecule has 1 heterocycles. The zero-order chi connectivity index (χ0) is 12.6. The maximum atomic E-state index is 12.1. The van der Waals surface area contributed by atoms with E-state index in [1.165, 1.54) is 20.3 Å². The van der Waals surface area contributed by atoms with E-state index in [9.17, 15) is 8.42 Å². The largest absolute Gasteiger partial charge is 0.493 e. The van der Waals surface area contributed by atoms with Gasteiger partial charge in [-0.1, -0.05) is 6.92 Å². The highest BCUT2D eigenvalue weighted by Crippen LogP contribution is 2.40. The molecule has 17 heavy (non-hydrogen) atoms. The van der Waals surface area contributed by atoms with Crippen molar-refractivity contribution in [3.05, 3.63) is 22.6 Å². The van der Waals surface area contributed by atoms with Gasteiger partial charge in [-0.2, -0.15) is 0 Å². The van der Waals surface area contributed by atoms with Crippen LogP contribution in [0.3, 0.4) is 0 Å². The highest BCUT2D eigenvalue weighted by molar-refractivity contribution is 7.95. The quantitative estimate of drug-likeness (QED) is 0.830. The number of methoxy groups -OCH3 is 2. The van der Waals surface area contributed by atoms with E-state index in [0.717, 1.165) is 0 Å². The van der Waals surface area contributed by atoms with Gasteiger partial charge in [0.1, 0.15) is 0 Å². The smallest absolute Gasteiger partial charge is 0.203 e. The molecule has 0 radical (unpaired) electrons. The summed E-state index contributed by atoms with van der Waals surface area (Å²) in [5, 5.41) is 0. The van der Waals surface area contributed by atoms with E-state index in [-0.39, 0.29) is 0 Å². The van der Waals surface area contributed by atoms with Crippen molar-refractivity contribution in [2.75, 3.05) is 14.2 Å². The summed E-state index contributed by atoms with van der Waals surface area (Å²) in [7, 11) is -0.316. The first-order valence-corrected chi connectivity index (χ1v) is 6.74. The van der Waals surface area contributed by atoms with E-state index in [2.05, 4.69) is 0 Å². The Morgan fingerprint density at radius 1 is 1.12 bits per heavy atom. The van der Waals surface area contributed by atoms with Gasteiger partial charge in [-0.3, -0.25) is 0 Å². The van der Waals surface area contributed by atoms with Crippen molar-refractivity contribution in [2.24, 2.45) is 0 Å². The topological polar surface area (TPSA) is 52.6 Å². The third-order valence-electron chi connectivity index (χ3n) is 2.82. The van der Waals surface area contributed by atoms with Gasteiger partial charge in [-0.15, -0.1) is 0 Å². The maximum Gasteiger partial charge on any atom is 0.203 e. The van der Waals surface area contributed by atoms with Crippen molar-refractivity contribution in [3.63, 3.8) is 0 Å². The average Bonchev–Trinajstić information content (AvgIpc) is 2.58. The first-order chi connectivity index (χ1) is 8.04. The molecule has 0 saturated heterocycles. The predicted molar refractivity (Wildman–Crippen MR) is 65.0 cm³/mol.